The van der Waals surface area contributed by atoms with Crippen LogP contribution in [0.5, 0.6) is 0 Å². The van der Waals surface area contributed by atoms with Crippen molar-refractivity contribution in [3.05, 3.63) is 0 Å². The Kier molecular flexibility index (Phi) is 13.7. The lowest BCUT2D eigenvalue weighted by atomic mass is 10.0. The molecule has 0 aromatic rings. The molecule has 0 aromatic carbocycles. The average Bonchev–Trinajstić information content (AvgIpc) is 2.83. The molecule has 1 aliphatic carbocycles. The van der Waals surface area contributed by atoms with Crippen LogP contribution in [0.25, 0.3) is 0 Å². The fourth-order valence-electron chi connectivity index (χ4n) is 3.26. The third kappa shape index (κ3) is 8.00. The quantitative estimate of drug-likeness (QED) is 0.703. The van der Waals surface area contributed by atoms with Crippen LogP contribution in [0.4, 0.5) is 0 Å². The summed E-state index contributed by atoms with van der Waals surface area (Å²) in [6, 6.07) is 0.670. The first kappa shape index (κ1) is 24.2. The molecule has 0 saturated heterocycles. The van der Waals surface area contributed by atoms with Gasteiger partial charge in [0.25, 0.3) is 0 Å². The molecular weight excluding hydrogens is 321 g/mol. The lowest BCUT2D eigenvalue weighted by molar-refractivity contribution is -0.125. The predicted octanol–water partition coefficient (Wildman–Crippen LogP) is 2.83. The summed E-state index contributed by atoms with van der Waals surface area (Å²) in [5.74, 6) is 0.998. The number of halogens is 2. The maximum absolute atomic E-state index is 12.2. The minimum absolute atomic E-state index is 0. The van der Waals surface area contributed by atoms with E-state index in [1.807, 2.05) is 0 Å². The second-order valence-corrected chi connectivity index (χ2v) is 6.52. The van der Waals surface area contributed by atoms with E-state index in [0.29, 0.717) is 12.0 Å². The standard InChI is InChI=1S/C16H33N3O.2ClH/c1-5-19(6-2)15(9-12(3)4)11-18-16(20)13-7-8-14(17)10-13;;/h12-15H,5-11,17H2,1-4H3,(H,18,20);2*1H. The second-order valence-electron chi connectivity index (χ2n) is 6.52. The third-order valence-corrected chi connectivity index (χ3v) is 4.43. The SMILES string of the molecule is CCN(CC)C(CNC(=O)C1CCC(N)C1)CC(C)C.Cl.Cl. The van der Waals surface area contributed by atoms with Crippen molar-refractivity contribution in [2.24, 2.45) is 17.6 Å². The molecule has 6 heteroatoms. The van der Waals surface area contributed by atoms with Crippen LogP contribution in [-0.2, 0) is 4.79 Å². The smallest absolute Gasteiger partial charge is 0.223 e. The van der Waals surface area contributed by atoms with Crippen LogP contribution in [0.2, 0.25) is 0 Å². The van der Waals surface area contributed by atoms with Crippen molar-refractivity contribution in [2.45, 2.75) is 65.5 Å². The molecule has 1 rings (SSSR count). The number of amides is 1. The van der Waals surface area contributed by atoms with Crippen LogP contribution >= 0.6 is 24.8 Å². The van der Waals surface area contributed by atoms with Gasteiger partial charge in [-0.05, 0) is 44.7 Å². The monoisotopic (exact) mass is 355 g/mol. The zero-order valence-corrected chi connectivity index (χ0v) is 16.1. The number of carbonyl (C=O) groups is 1. The summed E-state index contributed by atoms with van der Waals surface area (Å²) >= 11 is 0. The van der Waals surface area contributed by atoms with Crippen LogP contribution in [0.3, 0.4) is 0 Å². The van der Waals surface area contributed by atoms with Crippen molar-refractivity contribution < 1.29 is 4.79 Å². The van der Waals surface area contributed by atoms with Crippen LogP contribution in [0, 0.1) is 11.8 Å². The van der Waals surface area contributed by atoms with Gasteiger partial charge in [0.1, 0.15) is 0 Å². The first-order valence-corrected chi connectivity index (χ1v) is 8.25. The Hall–Kier alpha value is -0.0300. The van der Waals surface area contributed by atoms with Crippen LogP contribution < -0.4 is 11.1 Å². The summed E-state index contributed by atoms with van der Waals surface area (Å²) in [5, 5.41) is 3.16. The lowest BCUT2D eigenvalue weighted by Gasteiger charge is -2.31. The molecule has 0 radical (unpaired) electrons. The van der Waals surface area contributed by atoms with E-state index >= 15 is 0 Å². The Balaban J connectivity index is 0. The van der Waals surface area contributed by atoms with Gasteiger partial charge in [0.2, 0.25) is 5.91 Å². The molecule has 134 valence electrons. The van der Waals surface area contributed by atoms with E-state index in [2.05, 4.69) is 37.9 Å². The number of nitrogens with two attached hydrogens (primary N) is 1. The van der Waals surface area contributed by atoms with E-state index in [0.717, 1.165) is 45.3 Å². The Morgan fingerprint density at radius 3 is 2.23 bits per heavy atom. The third-order valence-electron chi connectivity index (χ3n) is 4.43. The molecule has 3 atom stereocenters. The molecule has 22 heavy (non-hydrogen) atoms. The van der Waals surface area contributed by atoms with Gasteiger partial charge in [0.05, 0.1) is 0 Å². The molecule has 0 aromatic heterocycles. The van der Waals surface area contributed by atoms with E-state index < -0.39 is 0 Å². The first-order valence-electron chi connectivity index (χ1n) is 8.25. The lowest BCUT2D eigenvalue weighted by Crippen LogP contribution is -2.45. The van der Waals surface area contributed by atoms with Crippen molar-refractivity contribution in [3.63, 3.8) is 0 Å². The summed E-state index contributed by atoms with van der Waals surface area (Å²) in [6.07, 6.45) is 3.93. The topological polar surface area (TPSA) is 58.4 Å². The number of nitrogens with zero attached hydrogens (tertiary/aromatic N) is 1. The molecule has 0 heterocycles. The molecule has 4 nitrogen and oxygen atoms in total. The predicted molar refractivity (Wildman–Crippen MR) is 99.0 cm³/mol. The van der Waals surface area contributed by atoms with Crippen molar-refractivity contribution in [1.29, 1.82) is 0 Å². The summed E-state index contributed by atoms with van der Waals surface area (Å²) in [7, 11) is 0. The highest BCUT2D eigenvalue weighted by molar-refractivity contribution is 5.85. The van der Waals surface area contributed by atoms with Gasteiger partial charge in [-0.2, -0.15) is 0 Å². The highest BCUT2D eigenvalue weighted by Gasteiger charge is 2.28. The second kappa shape index (κ2) is 12.4. The fourth-order valence-corrected chi connectivity index (χ4v) is 3.26. The molecule has 0 aliphatic heterocycles. The molecule has 1 fully saturated rings. The highest BCUT2D eigenvalue weighted by Crippen LogP contribution is 2.24. The average molecular weight is 356 g/mol. The molecule has 3 unspecified atom stereocenters. The highest BCUT2D eigenvalue weighted by atomic mass is 35.5. The molecule has 1 amide bonds. The van der Waals surface area contributed by atoms with Crippen molar-refractivity contribution in [3.8, 4) is 0 Å². The van der Waals surface area contributed by atoms with Gasteiger partial charge in [-0.15, -0.1) is 24.8 Å². The summed E-state index contributed by atoms with van der Waals surface area (Å²) in [4.78, 5) is 14.6. The van der Waals surface area contributed by atoms with Crippen molar-refractivity contribution in [1.82, 2.24) is 10.2 Å². The van der Waals surface area contributed by atoms with Crippen molar-refractivity contribution in [2.75, 3.05) is 19.6 Å². The Bertz CT molecular complexity index is 299. The van der Waals surface area contributed by atoms with E-state index in [-0.39, 0.29) is 42.7 Å². The largest absolute Gasteiger partial charge is 0.354 e. The van der Waals surface area contributed by atoms with Gasteiger partial charge in [-0.25, -0.2) is 0 Å². The van der Waals surface area contributed by atoms with E-state index in [1.165, 1.54) is 0 Å². The minimum atomic E-state index is 0. The number of rotatable bonds is 8. The van der Waals surface area contributed by atoms with Gasteiger partial charge in [0, 0.05) is 24.5 Å². The zero-order chi connectivity index (χ0) is 15.1. The Morgan fingerprint density at radius 1 is 1.23 bits per heavy atom. The molecule has 1 aliphatic rings. The maximum atomic E-state index is 12.2. The van der Waals surface area contributed by atoms with Crippen LogP contribution in [0.15, 0.2) is 0 Å². The molecule has 3 N–H and O–H groups in total. The normalized spacial score (nSPS) is 22.1. The summed E-state index contributed by atoms with van der Waals surface area (Å²) in [6.45, 7) is 11.7. The zero-order valence-electron chi connectivity index (χ0n) is 14.5. The van der Waals surface area contributed by atoms with E-state index in [4.69, 9.17) is 5.73 Å². The van der Waals surface area contributed by atoms with Crippen LogP contribution in [-0.4, -0.2) is 42.5 Å². The summed E-state index contributed by atoms with van der Waals surface area (Å²) in [5.41, 5.74) is 5.89. The van der Waals surface area contributed by atoms with Gasteiger partial charge < -0.3 is 11.1 Å². The molecule has 0 bridgehead atoms. The minimum Gasteiger partial charge on any atom is -0.354 e. The van der Waals surface area contributed by atoms with E-state index in [9.17, 15) is 4.79 Å². The van der Waals surface area contributed by atoms with Gasteiger partial charge in [-0.1, -0.05) is 27.7 Å². The molecule has 0 spiro atoms. The maximum Gasteiger partial charge on any atom is 0.223 e. The number of nitrogens with one attached hydrogen (secondary N) is 1. The van der Waals surface area contributed by atoms with E-state index in [1.54, 1.807) is 0 Å². The van der Waals surface area contributed by atoms with Gasteiger partial charge >= 0.3 is 0 Å². The number of hydrogen-bond acceptors (Lipinski definition) is 3. The first-order chi connectivity index (χ1) is 9.47. The van der Waals surface area contributed by atoms with Crippen LogP contribution in [0.1, 0.15) is 53.4 Å². The number of likely N-dealkylation sites (N-methyl/N-ethyl adjacent to an activating group) is 1. The molecule has 1 saturated carbocycles. The Labute approximate surface area is 148 Å². The molecular formula is C16H35Cl2N3O. The number of carbonyl (C=O) groups excluding carboxylic acids is 1. The van der Waals surface area contributed by atoms with Crippen molar-refractivity contribution >= 4 is 30.7 Å². The van der Waals surface area contributed by atoms with Gasteiger partial charge in [-0.3, -0.25) is 9.69 Å². The summed E-state index contributed by atoms with van der Waals surface area (Å²) < 4.78 is 0. The fraction of sp³-hybridized carbons (Fsp3) is 0.938. The van der Waals surface area contributed by atoms with Gasteiger partial charge in [0.15, 0.2) is 0 Å². The Morgan fingerprint density at radius 2 is 1.82 bits per heavy atom. The number of hydrogen-bond donors (Lipinski definition) is 2.